The van der Waals surface area contributed by atoms with E-state index in [2.05, 4.69) is 9.71 Å². The molecule has 1 unspecified atom stereocenters. The molecule has 2 rings (SSSR count). The number of aromatic nitrogens is 1. The van der Waals surface area contributed by atoms with Gasteiger partial charge in [0.2, 0.25) is 0 Å². The third-order valence-electron chi connectivity index (χ3n) is 2.74. The lowest BCUT2D eigenvalue weighted by Crippen LogP contribution is -2.41. The Morgan fingerprint density at radius 1 is 1.30 bits per heavy atom. The van der Waals surface area contributed by atoms with Crippen LogP contribution in [0.2, 0.25) is 0 Å². The number of benzene rings is 1. The minimum atomic E-state index is -1.17. The maximum atomic E-state index is 12.4. The first-order valence-electron chi connectivity index (χ1n) is 6.32. The van der Waals surface area contributed by atoms with Gasteiger partial charge >= 0.3 is 0 Å². The van der Waals surface area contributed by atoms with Crippen LogP contribution in [0.1, 0.15) is 37.3 Å². The first-order valence-corrected chi connectivity index (χ1v) is 8.29. The van der Waals surface area contributed by atoms with Crippen LogP contribution in [0.15, 0.2) is 36.5 Å². The van der Waals surface area contributed by atoms with E-state index in [1.165, 1.54) is 11.3 Å². The third-order valence-corrected chi connectivity index (χ3v) is 5.19. The van der Waals surface area contributed by atoms with Gasteiger partial charge in [-0.05, 0) is 26.3 Å². The standard InChI is InChI=1S/C14H19N3OS2/c1-14(2,3)20(18)17-12(10-7-5-4-6-8-10)11-9-16-13(15)19-11/h4-9,12,17H,1-3H3,(H2,15,16)/t12-,20?/m1/s1. The average molecular weight is 309 g/mol. The lowest BCUT2D eigenvalue weighted by Gasteiger charge is -2.27. The van der Waals surface area contributed by atoms with E-state index < -0.39 is 11.4 Å². The van der Waals surface area contributed by atoms with Gasteiger partial charge in [0.15, 0.2) is 5.13 Å². The summed E-state index contributed by atoms with van der Waals surface area (Å²) in [6.07, 6.45) is 1.74. The average Bonchev–Trinajstić information content (AvgIpc) is 2.82. The van der Waals surface area contributed by atoms with Gasteiger partial charge in [-0.25, -0.2) is 4.98 Å². The van der Waals surface area contributed by atoms with Crippen LogP contribution >= 0.6 is 11.3 Å². The lowest BCUT2D eigenvalue weighted by molar-refractivity contribution is 0.536. The number of nitrogens with two attached hydrogens (primary N) is 1. The van der Waals surface area contributed by atoms with E-state index in [0.717, 1.165) is 10.4 Å². The summed E-state index contributed by atoms with van der Waals surface area (Å²) >= 11 is 0.242. The Morgan fingerprint density at radius 3 is 2.45 bits per heavy atom. The summed E-state index contributed by atoms with van der Waals surface area (Å²) in [7, 11) is 0. The van der Waals surface area contributed by atoms with Crippen LogP contribution < -0.4 is 10.5 Å². The van der Waals surface area contributed by atoms with E-state index in [9.17, 15) is 4.55 Å². The summed E-state index contributed by atoms with van der Waals surface area (Å²) in [4.78, 5) is 5.05. The zero-order chi connectivity index (χ0) is 14.8. The van der Waals surface area contributed by atoms with Crippen molar-refractivity contribution in [1.29, 1.82) is 0 Å². The maximum absolute atomic E-state index is 12.4. The fraction of sp³-hybridized carbons (Fsp3) is 0.357. The molecule has 1 aromatic heterocycles. The van der Waals surface area contributed by atoms with Gasteiger partial charge in [-0.2, -0.15) is 0 Å². The highest BCUT2D eigenvalue weighted by atomic mass is 32.2. The van der Waals surface area contributed by atoms with E-state index in [4.69, 9.17) is 5.73 Å². The van der Waals surface area contributed by atoms with Crippen LogP contribution in [-0.2, 0) is 11.4 Å². The second-order valence-corrected chi connectivity index (χ2v) is 8.54. The SMILES string of the molecule is CC(C)(C)[S+]([O-])N[C@H](c1ccccc1)c1cnc(N)s1. The van der Waals surface area contributed by atoms with Crippen LogP contribution in [0, 0.1) is 0 Å². The quantitative estimate of drug-likeness (QED) is 0.852. The van der Waals surface area contributed by atoms with Crippen LogP contribution in [0.5, 0.6) is 0 Å². The second-order valence-electron chi connectivity index (χ2n) is 5.44. The van der Waals surface area contributed by atoms with Crippen molar-refractivity contribution in [3.63, 3.8) is 0 Å². The van der Waals surface area contributed by atoms with Gasteiger partial charge in [-0.1, -0.05) is 30.3 Å². The zero-order valence-electron chi connectivity index (χ0n) is 11.8. The molecule has 2 atom stereocenters. The Balaban J connectivity index is 2.30. The molecule has 3 N–H and O–H groups in total. The lowest BCUT2D eigenvalue weighted by atomic mass is 10.1. The molecule has 2 aromatic rings. The van der Waals surface area contributed by atoms with Gasteiger partial charge in [-0.3, -0.25) is 0 Å². The smallest absolute Gasteiger partial charge is 0.180 e. The molecule has 0 aliphatic carbocycles. The Bertz CT molecular complexity index is 551. The molecule has 0 aliphatic rings. The molecule has 0 aliphatic heterocycles. The largest absolute Gasteiger partial charge is 0.598 e. The number of nitrogens with zero attached hydrogens (tertiary/aromatic N) is 1. The van der Waals surface area contributed by atoms with E-state index in [0.29, 0.717) is 5.13 Å². The van der Waals surface area contributed by atoms with Crippen LogP contribution in [0.4, 0.5) is 5.13 Å². The Morgan fingerprint density at radius 2 is 1.95 bits per heavy atom. The van der Waals surface area contributed by atoms with Crippen molar-refractivity contribution < 1.29 is 4.55 Å². The van der Waals surface area contributed by atoms with Gasteiger partial charge in [0.05, 0.1) is 4.88 Å². The van der Waals surface area contributed by atoms with E-state index in [1.807, 2.05) is 51.1 Å². The highest BCUT2D eigenvalue weighted by molar-refractivity contribution is 7.90. The molecule has 0 bridgehead atoms. The molecule has 0 amide bonds. The Hall–Kier alpha value is -1.08. The van der Waals surface area contributed by atoms with E-state index in [-0.39, 0.29) is 10.8 Å². The highest BCUT2D eigenvalue weighted by Crippen LogP contribution is 2.30. The number of rotatable bonds is 4. The fourth-order valence-corrected chi connectivity index (χ4v) is 3.32. The summed E-state index contributed by atoms with van der Waals surface area (Å²) in [5, 5.41) is 0.518. The number of hydrogen-bond acceptors (Lipinski definition) is 5. The molecule has 108 valence electrons. The minimum absolute atomic E-state index is 0.161. The molecule has 0 spiro atoms. The van der Waals surface area contributed by atoms with E-state index in [1.54, 1.807) is 6.20 Å². The molecule has 0 saturated carbocycles. The molecule has 0 radical (unpaired) electrons. The molecular weight excluding hydrogens is 290 g/mol. The molecule has 1 aromatic carbocycles. The maximum Gasteiger partial charge on any atom is 0.180 e. The van der Waals surface area contributed by atoms with Crippen molar-refractivity contribution in [2.45, 2.75) is 31.6 Å². The van der Waals surface area contributed by atoms with Crippen molar-refractivity contribution in [2.24, 2.45) is 0 Å². The summed E-state index contributed by atoms with van der Waals surface area (Å²) < 4.78 is 15.2. The van der Waals surface area contributed by atoms with Gasteiger partial charge in [0.1, 0.15) is 10.8 Å². The van der Waals surface area contributed by atoms with E-state index >= 15 is 0 Å². The van der Waals surface area contributed by atoms with Crippen molar-refractivity contribution in [2.75, 3.05) is 5.73 Å². The highest BCUT2D eigenvalue weighted by Gasteiger charge is 2.31. The van der Waals surface area contributed by atoms with Crippen molar-refractivity contribution in [3.8, 4) is 0 Å². The number of nitrogen functional groups attached to an aromatic ring is 1. The number of hydrogen-bond donors (Lipinski definition) is 2. The molecule has 4 nitrogen and oxygen atoms in total. The van der Waals surface area contributed by atoms with Crippen LogP contribution in [0.25, 0.3) is 0 Å². The Labute approximate surface area is 126 Å². The summed E-state index contributed by atoms with van der Waals surface area (Å²) in [5.74, 6) is 0. The minimum Gasteiger partial charge on any atom is -0.598 e. The number of anilines is 1. The van der Waals surface area contributed by atoms with Gasteiger partial charge < -0.3 is 10.3 Å². The first-order chi connectivity index (χ1) is 9.38. The van der Waals surface area contributed by atoms with Crippen molar-refractivity contribution in [1.82, 2.24) is 9.71 Å². The Kier molecular flexibility index (Phi) is 4.70. The predicted octanol–water partition coefficient (Wildman–Crippen LogP) is 2.87. The third kappa shape index (κ3) is 3.73. The van der Waals surface area contributed by atoms with Gasteiger partial charge in [0, 0.05) is 17.6 Å². The number of thiazole rings is 1. The molecule has 0 fully saturated rings. The monoisotopic (exact) mass is 309 g/mol. The second kappa shape index (κ2) is 6.13. The van der Waals surface area contributed by atoms with Crippen LogP contribution in [-0.4, -0.2) is 14.3 Å². The normalized spacial score (nSPS) is 15.0. The first kappa shape index (κ1) is 15.3. The molecule has 6 heteroatoms. The topological polar surface area (TPSA) is 74.0 Å². The summed E-state index contributed by atoms with van der Waals surface area (Å²) in [6.45, 7) is 5.83. The van der Waals surface area contributed by atoms with Gasteiger partial charge in [-0.15, -0.1) is 16.1 Å². The zero-order valence-corrected chi connectivity index (χ0v) is 13.4. The molecule has 0 saturated heterocycles. The van der Waals surface area contributed by atoms with Crippen molar-refractivity contribution >= 4 is 27.8 Å². The fourth-order valence-electron chi connectivity index (χ4n) is 1.65. The van der Waals surface area contributed by atoms with Crippen LogP contribution in [0.3, 0.4) is 0 Å². The summed E-state index contributed by atoms with van der Waals surface area (Å²) in [6, 6.07) is 9.75. The number of nitrogens with one attached hydrogen (secondary N) is 1. The molecule has 1 heterocycles. The summed E-state index contributed by atoms with van der Waals surface area (Å²) in [5.41, 5.74) is 6.76. The van der Waals surface area contributed by atoms with Crippen molar-refractivity contribution in [3.05, 3.63) is 47.0 Å². The predicted molar refractivity (Wildman–Crippen MR) is 85.8 cm³/mol. The molecule has 20 heavy (non-hydrogen) atoms. The van der Waals surface area contributed by atoms with Gasteiger partial charge in [0.25, 0.3) is 0 Å². The molecular formula is C14H19N3OS2.